The molecule has 1 rings (SSSR count). The summed E-state index contributed by atoms with van der Waals surface area (Å²) in [6, 6.07) is 2.56. The molecule has 0 unspecified atom stereocenters. The quantitative estimate of drug-likeness (QED) is 0.726. The van der Waals surface area contributed by atoms with Crippen molar-refractivity contribution in [1.29, 1.82) is 0 Å². The van der Waals surface area contributed by atoms with E-state index in [1.165, 1.54) is 12.1 Å². The van der Waals surface area contributed by atoms with E-state index < -0.39 is 12.1 Å². The Morgan fingerprint density at radius 1 is 1.28 bits per heavy atom. The third kappa shape index (κ3) is 3.54. The summed E-state index contributed by atoms with van der Waals surface area (Å²) in [4.78, 5) is 10.5. The third-order valence-electron chi connectivity index (χ3n) is 2.37. The molecule has 3 N–H and O–H groups in total. The van der Waals surface area contributed by atoms with Crippen LogP contribution in [0, 0.1) is 6.92 Å². The average Bonchev–Trinajstić information content (AvgIpc) is 2.23. The molecule has 0 aliphatic heterocycles. The SMILES string of the molecule is Cc1cc(O)c(O)cc1CCNC(=O)C(F)(F)F. The summed E-state index contributed by atoms with van der Waals surface area (Å²) in [7, 11) is 0. The van der Waals surface area contributed by atoms with E-state index >= 15 is 0 Å². The van der Waals surface area contributed by atoms with Crippen LogP contribution in [0.1, 0.15) is 11.1 Å². The van der Waals surface area contributed by atoms with E-state index in [1.54, 1.807) is 12.2 Å². The largest absolute Gasteiger partial charge is 0.504 e. The molecule has 7 heteroatoms. The second kappa shape index (κ2) is 5.16. The first-order chi connectivity index (χ1) is 8.21. The van der Waals surface area contributed by atoms with Crippen molar-refractivity contribution < 1.29 is 28.2 Å². The highest BCUT2D eigenvalue weighted by Crippen LogP contribution is 2.28. The van der Waals surface area contributed by atoms with Crippen LogP contribution in [-0.4, -0.2) is 28.8 Å². The minimum atomic E-state index is -4.90. The van der Waals surface area contributed by atoms with E-state index in [2.05, 4.69) is 0 Å². The predicted octanol–water partition coefficient (Wildman–Crippen LogP) is 1.63. The minimum absolute atomic E-state index is 0.126. The second-order valence-electron chi connectivity index (χ2n) is 3.77. The van der Waals surface area contributed by atoms with Crippen LogP contribution in [0.25, 0.3) is 0 Å². The Kier molecular flexibility index (Phi) is 4.05. The summed E-state index contributed by atoms with van der Waals surface area (Å²) < 4.78 is 35.7. The molecule has 0 atom stereocenters. The Morgan fingerprint density at radius 3 is 2.39 bits per heavy atom. The number of nitrogens with one attached hydrogen (secondary N) is 1. The van der Waals surface area contributed by atoms with E-state index in [-0.39, 0.29) is 24.5 Å². The number of carbonyl (C=O) groups is 1. The average molecular weight is 263 g/mol. The van der Waals surface area contributed by atoms with Gasteiger partial charge in [-0.2, -0.15) is 13.2 Å². The molecule has 0 heterocycles. The summed E-state index contributed by atoms with van der Waals surface area (Å²) in [6.07, 6.45) is -4.77. The van der Waals surface area contributed by atoms with Crippen LogP contribution >= 0.6 is 0 Å². The van der Waals surface area contributed by atoms with Gasteiger partial charge in [0, 0.05) is 6.54 Å². The predicted molar refractivity (Wildman–Crippen MR) is 57.3 cm³/mol. The van der Waals surface area contributed by atoms with Crippen molar-refractivity contribution in [2.75, 3.05) is 6.54 Å². The van der Waals surface area contributed by atoms with Gasteiger partial charge in [0.1, 0.15) is 0 Å². The molecule has 18 heavy (non-hydrogen) atoms. The molecule has 0 aliphatic carbocycles. The van der Waals surface area contributed by atoms with Crippen LogP contribution in [0.2, 0.25) is 0 Å². The van der Waals surface area contributed by atoms with Gasteiger partial charge >= 0.3 is 12.1 Å². The van der Waals surface area contributed by atoms with Crippen LogP contribution < -0.4 is 5.32 Å². The highest BCUT2D eigenvalue weighted by atomic mass is 19.4. The molecule has 1 amide bonds. The molecule has 1 aromatic carbocycles. The molecular formula is C11H12F3NO3. The number of hydrogen-bond donors (Lipinski definition) is 3. The first-order valence-corrected chi connectivity index (χ1v) is 5.08. The lowest BCUT2D eigenvalue weighted by molar-refractivity contribution is -0.173. The van der Waals surface area contributed by atoms with Crippen molar-refractivity contribution in [3.8, 4) is 11.5 Å². The fourth-order valence-corrected chi connectivity index (χ4v) is 1.40. The van der Waals surface area contributed by atoms with E-state index in [0.717, 1.165) is 0 Å². The zero-order valence-electron chi connectivity index (χ0n) is 9.51. The van der Waals surface area contributed by atoms with Gasteiger partial charge in [0.15, 0.2) is 11.5 Å². The van der Waals surface area contributed by atoms with Gasteiger partial charge in [-0.1, -0.05) is 0 Å². The zero-order chi connectivity index (χ0) is 13.9. The number of phenolic OH excluding ortho intramolecular Hbond substituents is 2. The van der Waals surface area contributed by atoms with E-state index in [4.69, 9.17) is 0 Å². The molecule has 0 aromatic heterocycles. The molecular weight excluding hydrogens is 251 g/mol. The number of aromatic hydroxyl groups is 2. The van der Waals surface area contributed by atoms with E-state index in [1.807, 2.05) is 0 Å². The van der Waals surface area contributed by atoms with Crippen molar-refractivity contribution in [1.82, 2.24) is 5.32 Å². The molecule has 0 saturated carbocycles. The Bertz CT molecular complexity index is 458. The zero-order valence-corrected chi connectivity index (χ0v) is 9.51. The highest BCUT2D eigenvalue weighted by Gasteiger charge is 2.38. The van der Waals surface area contributed by atoms with Gasteiger partial charge in [-0.15, -0.1) is 0 Å². The van der Waals surface area contributed by atoms with Gasteiger partial charge in [0.05, 0.1) is 0 Å². The maximum absolute atomic E-state index is 11.9. The Labute approximate surface area is 101 Å². The topological polar surface area (TPSA) is 69.6 Å². The lowest BCUT2D eigenvalue weighted by Crippen LogP contribution is -2.37. The number of phenols is 2. The van der Waals surface area contributed by atoms with Crippen molar-refractivity contribution in [3.05, 3.63) is 23.3 Å². The lowest BCUT2D eigenvalue weighted by atomic mass is 10.0. The molecule has 0 radical (unpaired) electrons. The number of alkyl halides is 3. The fourth-order valence-electron chi connectivity index (χ4n) is 1.40. The summed E-state index contributed by atoms with van der Waals surface area (Å²) in [5, 5.41) is 20.1. The Hall–Kier alpha value is -1.92. The van der Waals surface area contributed by atoms with Gasteiger partial charge in [-0.3, -0.25) is 4.79 Å². The maximum Gasteiger partial charge on any atom is 0.471 e. The molecule has 0 aliphatic rings. The number of halogens is 3. The second-order valence-corrected chi connectivity index (χ2v) is 3.77. The van der Waals surface area contributed by atoms with Crippen LogP contribution in [-0.2, 0) is 11.2 Å². The van der Waals surface area contributed by atoms with Crippen LogP contribution in [0.4, 0.5) is 13.2 Å². The first-order valence-electron chi connectivity index (χ1n) is 5.08. The number of carbonyl (C=O) groups excluding carboxylic acids is 1. The number of amides is 1. The van der Waals surface area contributed by atoms with Crippen LogP contribution in [0.3, 0.4) is 0 Å². The normalized spacial score (nSPS) is 11.3. The molecule has 4 nitrogen and oxygen atoms in total. The molecule has 0 spiro atoms. The number of hydrogen-bond acceptors (Lipinski definition) is 3. The fraction of sp³-hybridized carbons (Fsp3) is 0.364. The molecule has 0 bridgehead atoms. The van der Waals surface area contributed by atoms with Crippen LogP contribution in [0.5, 0.6) is 11.5 Å². The summed E-state index contributed by atoms with van der Waals surface area (Å²) in [6.45, 7) is 1.43. The number of rotatable bonds is 3. The third-order valence-corrected chi connectivity index (χ3v) is 2.37. The lowest BCUT2D eigenvalue weighted by Gasteiger charge is -2.10. The van der Waals surface area contributed by atoms with Crippen molar-refractivity contribution in [2.24, 2.45) is 0 Å². The van der Waals surface area contributed by atoms with Crippen molar-refractivity contribution in [3.63, 3.8) is 0 Å². The van der Waals surface area contributed by atoms with Gasteiger partial charge in [-0.25, -0.2) is 0 Å². The standard InChI is InChI=1S/C11H12F3NO3/c1-6-4-8(16)9(17)5-7(6)2-3-15-10(18)11(12,13)14/h4-5,16-17H,2-3H2,1H3,(H,15,18). The summed E-state index contributed by atoms with van der Waals surface area (Å²) in [5.41, 5.74) is 1.17. The van der Waals surface area contributed by atoms with Crippen molar-refractivity contribution in [2.45, 2.75) is 19.5 Å². The molecule has 1 aromatic rings. The van der Waals surface area contributed by atoms with Gasteiger partial charge < -0.3 is 15.5 Å². The van der Waals surface area contributed by atoms with Gasteiger partial charge in [-0.05, 0) is 36.6 Å². The van der Waals surface area contributed by atoms with Crippen molar-refractivity contribution >= 4 is 5.91 Å². The van der Waals surface area contributed by atoms with E-state index in [0.29, 0.717) is 11.1 Å². The minimum Gasteiger partial charge on any atom is -0.504 e. The molecule has 100 valence electrons. The highest BCUT2D eigenvalue weighted by molar-refractivity contribution is 5.81. The summed E-state index contributed by atoms with van der Waals surface area (Å²) in [5.74, 6) is -2.64. The molecule has 0 fully saturated rings. The Balaban J connectivity index is 2.60. The summed E-state index contributed by atoms with van der Waals surface area (Å²) >= 11 is 0. The first kappa shape index (κ1) is 14.1. The maximum atomic E-state index is 11.9. The van der Waals surface area contributed by atoms with Gasteiger partial charge in [0.2, 0.25) is 0 Å². The Morgan fingerprint density at radius 2 is 1.83 bits per heavy atom. The smallest absolute Gasteiger partial charge is 0.471 e. The van der Waals surface area contributed by atoms with Gasteiger partial charge in [0.25, 0.3) is 0 Å². The number of aryl methyl sites for hydroxylation is 1. The molecule has 0 saturated heterocycles. The van der Waals surface area contributed by atoms with E-state index in [9.17, 15) is 28.2 Å². The number of benzene rings is 1. The van der Waals surface area contributed by atoms with Crippen LogP contribution in [0.15, 0.2) is 12.1 Å². The monoisotopic (exact) mass is 263 g/mol.